The van der Waals surface area contributed by atoms with Crippen molar-refractivity contribution in [2.24, 2.45) is 5.92 Å². The quantitative estimate of drug-likeness (QED) is 0.621. The van der Waals surface area contributed by atoms with Gasteiger partial charge in [-0.25, -0.2) is 4.39 Å². The molecule has 2 aromatic rings. The van der Waals surface area contributed by atoms with Gasteiger partial charge in [-0.3, -0.25) is 25.2 Å². The van der Waals surface area contributed by atoms with Crippen molar-refractivity contribution in [3.05, 3.63) is 65.5 Å². The van der Waals surface area contributed by atoms with Gasteiger partial charge in [-0.15, -0.1) is 0 Å². The number of amides is 3. The molecule has 1 atom stereocenters. The highest BCUT2D eigenvalue weighted by Crippen LogP contribution is 2.12. The Kier molecular flexibility index (Phi) is 7.70. The monoisotopic (exact) mass is 401 g/mol. The second-order valence-electron chi connectivity index (χ2n) is 6.60. The minimum absolute atomic E-state index is 0.225. The second-order valence-corrected chi connectivity index (χ2v) is 6.60. The molecular weight excluding hydrogens is 377 g/mol. The normalized spacial score (nSPS) is 11.5. The van der Waals surface area contributed by atoms with Gasteiger partial charge in [0.05, 0.1) is 6.61 Å². The van der Waals surface area contributed by atoms with Crippen LogP contribution in [0.5, 0.6) is 5.75 Å². The maximum absolute atomic E-state index is 13.0. The molecule has 0 aliphatic carbocycles. The van der Waals surface area contributed by atoms with E-state index < -0.39 is 29.6 Å². The number of nitrogens with one attached hydrogen (secondary N) is 3. The zero-order valence-corrected chi connectivity index (χ0v) is 16.5. The minimum atomic E-state index is -0.895. The Balaban J connectivity index is 1.95. The average molecular weight is 401 g/mol. The lowest BCUT2D eigenvalue weighted by Gasteiger charge is -2.22. The van der Waals surface area contributed by atoms with Crippen LogP contribution in [0, 0.1) is 11.7 Å². The summed E-state index contributed by atoms with van der Waals surface area (Å²) < 4.78 is 18.3. The zero-order chi connectivity index (χ0) is 21.4. The standard InChI is InChI=1S/C21H24FN3O4/c1-4-29-17-11-7-15(8-12-17)20(27)24-25-21(28)18(13(2)3)23-19(26)14-5-9-16(22)10-6-14/h5-13,18H,4H2,1-3H3,(H,23,26)(H,24,27)(H,25,28)/t18-/m0/s1. The average Bonchev–Trinajstić information content (AvgIpc) is 2.71. The summed E-state index contributed by atoms with van der Waals surface area (Å²) in [6.07, 6.45) is 0. The van der Waals surface area contributed by atoms with Crippen molar-refractivity contribution >= 4 is 17.7 Å². The molecule has 2 rings (SSSR count). The van der Waals surface area contributed by atoms with Crippen LogP contribution in [-0.4, -0.2) is 30.4 Å². The van der Waals surface area contributed by atoms with E-state index in [4.69, 9.17) is 4.74 Å². The molecule has 0 unspecified atom stereocenters. The second kappa shape index (κ2) is 10.2. The van der Waals surface area contributed by atoms with E-state index in [1.165, 1.54) is 12.1 Å². The van der Waals surface area contributed by atoms with E-state index in [2.05, 4.69) is 16.2 Å². The van der Waals surface area contributed by atoms with Crippen LogP contribution < -0.4 is 20.9 Å². The van der Waals surface area contributed by atoms with E-state index in [0.717, 1.165) is 12.1 Å². The van der Waals surface area contributed by atoms with Crippen LogP contribution >= 0.6 is 0 Å². The summed E-state index contributed by atoms with van der Waals surface area (Å²) in [5, 5.41) is 2.60. The Morgan fingerprint density at radius 1 is 0.897 bits per heavy atom. The Bertz CT molecular complexity index is 851. The zero-order valence-electron chi connectivity index (χ0n) is 16.5. The molecule has 29 heavy (non-hydrogen) atoms. The van der Waals surface area contributed by atoms with Gasteiger partial charge in [-0.1, -0.05) is 13.8 Å². The molecule has 0 radical (unpaired) electrons. The lowest BCUT2D eigenvalue weighted by Crippen LogP contribution is -2.54. The minimum Gasteiger partial charge on any atom is -0.494 e. The predicted molar refractivity (Wildman–Crippen MR) is 106 cm³/mol. The van der Waals surface area contributed by atoms with Crippen molar-refractivity contribution < 1.29 is 23.5 Å². The molecule has 7 nitrogen and oxygen atoms in total. The lowest BCUT2D eigenvalue weighted by atomic mass is 10.0. The number of rotatable bonds is 7. The van der Waals surface area contributed by atoms with Crippen LogP contribution in [0.15, 0.2) is 48.5 Å². The number of carbonyl (C=O) groups is 3. The van der Waals surface area contributed by atoms with Gasteiger partial charge in [-0.05, 0) is 61.4 Å². The maximum Gasteiger partial charge on any atom is 0.269 e. The third-order valence-electron chi connectivity index (χ3n) is 4.07. The van der Waals surface area contributed by atoms with Gasteiger partial charge in [0, 0.05) is 11.1 Å². The molecule has 0 spiro atoms. The van der Waals surface area contributed by atoms with Crippen LogP contribution in [0.25, 0.3) is 0 Å². The molecule has 0 bridgehead atoms. The van der Waals surface area contributed by atoms with Crippen molar-refractivity contribution in [3.63, 3.8) is 0 Å². The Morgan fingerprint density at radius 3 is 2.00 bits per heavy atom. The molecular formula is C21H24FN3O4. The number of ether oxygens (including phenoxy) is 1. The fourth-order valence-corrected chi connectivity index (χ4v) is 2.50. The summed E-state index contributed by atoms with van der Waals surface area (Å²) >= 11 is 0. The van der Waals surface area contributed by atoms with Gasteiger partial charge in [0.1, 0.15) is 17.6 Å². The van der Waals surface area contributed by atoms with Crippen LogP contribution in [0.4, 0.5) is 4.39 Å². The van der Waals surface area contributed by atoms with E-state index in [0.29, 0.717) is 17.9 Å². The van der Waals surface area contributed by atoms with E-state index in [1.54, 1.807) is 38.1 Å². The van der Waals surface area contributed by atoms with Crippen LogP contribution in [0.3, 0.4) is 0 Å². The van der Waals surface area contributed by atoms with Crippen molar-refractivity contribution in [2.45, 2.75) is 26.8 Å². The predicted octanol–water partition coefficient (Wildman–Crippen LogP) is 2.44. The number of halogens is 1. The van der Waals surface area contributed by atoms with Gasteiger partial charge in [-0.2, -0.15) is 0 Å². The molecule has 154 valence electrons. The van der Waals surface area contributed by atoms with Gasteiger partial charge in [0.25, 0.3) is 17.7 Å². The van der Waals surface area contributed by atoms with Crippen LogP contribution in [-0.2, 0) is 4.79 Å². The van der Waals surface area contributed by atoms with E-state index >= 15 is 0 Å². The van der Waals surface area contributed by atoms with E-state index in [-0.39, 0.29) is 11.5 Å². The number of hydrazine groups is 1. The van der Waals surface area contributed by atoms with Crippen molar-refractivity contribution in [1.29, 1.82) is 0 Å². The summed E-state index contributed by atoms with van der Waals surface area (Å²) in [5.74, 6) is -1.67. The molecule has 3 amide bonds. The van der Waals surface area contributed by atoms with Crippen molar-refractivity contribution in [3.8, 4) is 5.75 Å². The molecule has 0 aromatic heterocycles. The Labute approximate surface area is 168 Å². The first kappa shape index (κ1) is 21.9. The Hall–Kier alpha value is -3.42. The van der Waals surface area contributed by atoms with Crippen LogP contribution in [0.2, 0.25) is 0 Å². The highest BCUT2D eigenvalue weighted by atomic mass is 19.1. The molecule has 0 aliphatic rings. The number of carbonyl (C=O) groups excluding carboxylic acids is 3. The molecule has 0 heterocycles. The molecule has 0 saturated carbocycles. The summed E-state index contributed by atoms with van der Waals surface area (Å²) in [6, 6.07) is 10.5. The highest BCUT2D eigenvalue weighted by Gasteiger charge is 2.25. The van der Waals surface area contributed by atoms with Gasteiger partial charge < -0.3 is 10.1 Å². The number of hydrogen-bond donors (Lipinski definition) is 3. The van der Waals surface area contributed by atoms with Crippen molar-refractivity contribution in [1.82, 2.24) is 16.2 Å². The summed E-state index contributed by atoms with van der Waals surface area (Å²) in [7, 11) is 0. The third-order valence-corrected chi connectivity index (χ3v) is 4.07. The number of benzene rings is 2. The SMILES string of the molecule is CCOc1ccc(C(=O)NNC(=O)[C@@H](NC(=O)c2ccc(F)cc2)C(C)C)cc1. The molecule has 8 heteroatoms. The smallest absolute Gasteiger partial charge is 0.269 e. The molecule has 0 saturated heterocycles. The summed E-state index contributed by atoms with van der Waals surface area (Å²) in [4.78, 5) is 37.0. The first-order chi connectivity index (χ1) is 13.8. The van der Waals surface area contributed by atoms with Crippen LogP contribution in [0.1, 0.15) is 41.5 Å². The largest absolute Gasteiger partial charge is 0.494 e. The summed E-state index contributed by atoms with van der Waals surface area (Å²) in [5.41, 5.74) is 5.21. The molecule has 2 aromatic carbocycles. The molecule has 3 N–H and O–H groups in total. The highest BCUT2D eigenvalue weighted by molar-refractivity contribution is 5.99. The fraction of sp³-hybridized carbons (Fsp3) is 0.286. The Morgan fingerprint density at radius 2 is 1.45 bits per heavy atom. The topological polar surface area (TPSA) is 96.5 Å². The van der Waals surface area contributed by atoms with Gasteiger partial charge >= 0.3 is 0 Å². The van der Waals surface area contributed by atoms with E-state index in [1.807, 2.05) is 6.92 Å². The van der Waals surface area contributed by atoms with E-state index in [9.17, 15) is 18.8 Å². The van der Waals surface area contributed by atoms with Gasteiger partial charge in [0.15, 0.2) is 0 Å². The first-order valence-corrected chi connectivity index (χ1v) is 9.21. The molecule has 0 aliphatic heterocycles. The fourth-order valence-electron chi connectivity index (χ4n) is 2.50. The maximum atomic E-state index is 13.0. The van der Waals surface area contributed by atoms with Crippen molar-refractivity contribution in [2.75, 3.05) is 6.61 Å². The molecule has 0 fully saturated rings. The summed E-state index contributed by atoms with van der Waals surface area (Å²) in [6.45, 7) is 5.88. The first-order valence-electron chi connectivity index (χ1n) is 9.21. The number of hydrogen-bond acceptors (Lipinski definition) is 4. The third kappa shape index (κ3) is 6.31. The van der Waals surface area contributed by atoms with Gasteiger partial charge in [0.2, 0.25) is 0 Å². The lowest BCUT2D eigenvalue weighted by molar-refractivity contribution is -0.124.